The monoisotopic (exact) mass is 229 g/mol. The molecule has 0 aliphatic rings. The first-order chi connectivity index (χ1) is 8.21. The lowest BCUT2D eigenvalue weighted by molar-refractivity contribution is 0.720. The number of rotatable bonds is 4. The van der Waals surface area contributed by atoms with E-state index in [0.29, 0.717) is 0 Å². The Morgan fingerprint density at radius 1 is 1.18 bits per heavy atom. The van der Waals surface area contributed by atoms with Crippen LogP contribution in [0.15, 0.2) is 18.2 Å². The third-order valence-electron chi connectivity index (χ3n) is 2.96. The third kappa shape index (κ3) is 4.24. The van der Waals surface area contributed by atoms with Gasteiger partial charge in [-0.05, 0) is 36.5 Å². The Bertz CT molecular complexity index is 409. The van der Waals surface area contributed by atoms with E-state index in [0.717, 1.165) is 31.2 Å². The van der Waals surface area contributed by atoms with Gasteiger partial charge in [-0.3, -0.25) is 0 Å². The fourth-order valence-electron chi connectivity index (χ4n) is 1.82. The van der Waals surface area contributed by atoms with Crippen LogP contribution >= 0.6 is 0 Å². The zero-order chi connectivity index (χ0) is 12.7. The molecule has 0 saturated heterocycles. The summed E-state index contributed by atoms with van der Waals surface area (Å²) in [5.74, 6) is 6.40. The Labute approximate surface area is 105 Å². The molecular formula is C16H23N. The van der Waals surface area contributed by atoms with Crippen molar-refractivity contribution in [3.8, 4) is 11.8 Å². The van der Waals surface area contributed by atoms with Gasteiger partial charge in [0.25, 0.3) is 0 Å². The van der Waals surface area contributed by atoms with E-state index in [1.807, 2.05) is 0 Å². The molecule has 1 aromatic carbocycles. The smallest absolute Gasteiger partial charge is 0.0668 e. The summed E-state index contributed by atoms with van der Waals surface area (Å²) in [4.78, 5) is 0. The minimum Gasteiger partial charge on any atom is -0.318 e. The molecule has 17 heavy (non-hydrogen) atoms. The standard InChI is InChI=1S/C16H23N/c1-4-7-16(17)11-10-15-12-13(5-2)8-9-14(15)6-3/h8-9,12,16H,4-7,17H2,1-3H3. The van der Waals surface area contributed by atoms with Gasteiger partial charge in [0.05, 0.1) is 6.04 Å². The maximum absolute atomic E-state index is 5.92. The van der Waals surface area contributed by atoms with Crippen LogP contribution in [0.5, 0.6) is 0 Å². The normalized spacial score (nSPS) is 11.8. The summed E-state index contributed by atoms with van der Waals surface area (Å²) in [5.41, 5.74) is 9.73. The Morgan fingerprint density at radius 2 is 1.94 bits per heavy atom. The molecule has 0 aromatic heterocycles. The minimum absolute atomic E-state index is 0.00925. The van der Waals surface area contributed by atoms with Crippen molar-refractivity contribution in [1.82, 2.24) is 0 Å². The van der Waals surface area contributed by atoms with Gasteiger partial charge in [-0.25, -0.2) is 0 Å². The van der Waals surface area contributed by atoms with Crippen LogP contribution in [0.25, 0.3) is 0 Å². The summed E-state index contributed by atoms with van der Waals surface area (Å²) in [6.07, 6.45) is 4.14. The van der Waals surface area contributed by atoms with Crippen LogP contribution in [0, 0.1) is 11.8 Å². The first kappa shape index (κ1) is 13.8. The van der Waals surface area contributed by atoms with Crippen LogP contribution in [-0.2, 0) is 12.8 Å². The van der Waals surface area contributed by atoms with Crippen LogP contribution in [-0.4, -0.2) is 6.04 Å². The summed E-state index contributed by atoms with van der Waals surface area (Å²) in [6, 6.07) is 6.59. The Hall–Kier alpha value is -1.26. The first-order valence-corrected chi connectivity index (χ1v) is 6.60. The Balaban J connectivity index is 2.94. The first-order valence-electron chi connectivity index (χ1n) is 6.60. The predicted octanol–water partition coefficient (Wildman–Crippen LogP) is 3.29. The van der Waals surface area contributed by atoms with Gasteiger partial charge in [-0.1, -0.05) is 51.2 Å². The number of benzene rings is 1. The van der Waals surface area contributed by atoms with E-state index in [9.17, 15) is 0 Å². The number of aryl methyl sites for hydroxylation is 2. The van der Waals surface area contributed by atoms with Gasteiger partial charge in [-0.15, -0.1) is 0 Å². The summed E-state index contributed by atoms with van der Waals surface area (Å²) in [6.45, 7) is 6.47. The Morgan fingerprint density at radius 3 is 2.53 bits per heavy atom. The second kappa shape index (κ2) is 7.14. The van der Waals surface area contributed by atoms with Crippen molar-refractivity contribution in [1.29, 1.82) is 0 Å². The number of hydrogen-bond acceptors (Lipinski definition) is 1. The molecule has 0 radical (unpaired) electrons. The van der Waals surface area contributed by atoms with Crippen molar-refractivity contribution >= 4 is 0 Å². The van der Waals surface area contributed by atoms with Gasteiger partial charge in [0.2, 0.25) is 0 Å². The molecule has 0 aliphatic heterocycles. The summed E-state index contributed by atoms with van der Waals surface area (Å²) in [5, 5.41) is 0. The molecule has 0 amide bonds. The predicted molar refractivity (Wildman–Crippen MR) is 75.0 cm³/mol. The zero-order valence-corrected chi connectivity index (χ0v) is 11.2. The largest absolute Gasteiger partial charge is 0.318 e. The summed E-state index contributed by atoms with van der Waals surface area (Å²) in [7, 11) is 0. The van der Waals surface area contributed by atoms with Gasteiger partial charge in [0.15, 0.2) is 0 Å². The van der Waals surface area contributed by atoms with Crippen molar-refractivity contribution in [3.05, 3.63) is 34.9 Å². The van der Waals surface area contributed by atoms with Crippen molar-refractivity contribution in [2.45, 2.75) is 52.5 Å². The van der Waals surface area contributed by atoms with Crippen LogP contribution in [0.1, 0.15) is 50.3 Å². The SMILES string of the molecule is CCCC(N)C#Cc1cc(CC)ccc1CC. The molecule has 0 saturated carbocycles. The average molecular weight is 229 g/mol. The van der Waals surface area contributed by atoms with Gasteiger partial charge < -0.3 is 5.73 Å². The lowest BCUT2D eigenvalue weighted by Gasteiger charge is -2.05. The van der Waals surface area contributed by atoms with Gasteiger partial charge in [0, 0.05) is 5.56 Å². The zero-order valence-electron chi connectivity index (χ0n) is 11.2. The molecule has 1 nitrogen and oxygen atoms in total. The van der Waals surface area contributed by atoms with E-state index in [4.69, 9.17) is 5.73 Å². The van der Waals surface area contributed by atoms with E-state index >= 15 is 0 Å². The fourth-order valence-corrected chi connectivity index (χ4v) is 1.82. The quantitative estimate of drug-likeness (QED) is 0.788. The molecule has 0 aliphatic carbocycles. The molecule has 0 heterocycles. The summed E-state index contributed by atoms with van der Waals surface area (Å²) >= 11 is 0. The van der Waals surface area contributed by atoms with Crippen molar-refractivity contribution < 1.29 is 0 Å². The lowest BCUT2D eigenvalue weighted by atomic mass is 10.0. The van der Waals surface area contributed by atoms with E-state index < -0.39 is 0 Å². The molecule has 2 N–H and O–H groups in total. The van der Waals surface area contributed by atoms with E-state index in [1.54, 1.807) is 0 Å². The summed E-state index contributed by atoms with van der Waals surface area (Å²) < 4.78 is 0. The molecule has 1 unspecified atom stereocenters. The molecule has 0 fully saturated rings. The molecule has 0 spiro atoms. The highest BCUT2D eigenvalue weighted by atomic mass is 14.6. The third-order valence-corrected chi connectivity index (χ3v) is 2.96. The average Bonchev–Trinajstić information content (AvgIpc) is 2.36. The highest BCUT2D eigenvalue weighted by Gasteiger charge is 2.00. The second-order valence-corrected chi connectivity index (χ2v) is 4.36. The van der Waals surface area contributed by atoms with Crippen LogP contribution in [0.3, 0.4) is 0 Å². The molecule has 0 bridgehead atoms. The number of nitrogens with two attached hydrogens (primary N) is 1. The van der Waals surface area contributed by atoms with Crippen molar-refractivity contribution in [2.24, 2.45) is 5.73 Å². The van der Waals surface area contributed by atoms with E-state index in [-0.39, 0.29) is 6.04 Å². The highest BCUT2D eigenvalue weighted by molar-refractivity contribution is 5.44. The maximum Gasteiger partial charge on any atom is 0.0668 e. The molecule has 1 atom stereocenters. The molecular weight excluding hydrogens is 206 g/mol. The van der Waals surface area contributed by atoms with Gasteiger partial charge in [0.1, 0.15) is 0 Å². The highest BCUT2D eigenvalue weighted by Crippen LogP contribution is 2.12. The van der Waals surface area contributed by atoms with Crippen molar-refractivity contribution in [2.75, 3.05) is 0 Å². The van der Waals surface area contributed by atoms with Gasteiger partial charge in [-0.2, -0.15) is 0 Å². The minimum atomic E-state index is 0.00925. The van der Waals surface area contributed by atoms with E-state index in [2.05, 4.69) is 50.8 Å². The van der Waals surface area contributed by atoms with Crippen LogP contribution in [0.4, 0.5) is 0 Å². The second-order valence-electron chi connectivity index (χ2n) is 4.36. The van der Waals surface area contributed by atoms with Crippen LogP contribution < -0.4 is 5.73 Å². The maximum atomic E-state index is 5.92. The topological polar surface area (TPSA) is 26.0 Å². The van der Waals surface area contributed by atoms with E-state index in [1.165, 1.54) is 11.1 Å². The molecule has 92 valence electrons. The Kier molecular flexibility index (Phi) is 5.80. The van der Waals surface area contributed by atoms with Gasteiger partial charge >= 0.3 is 0 Å². The van der Waals surface area contributed by atoms with Crippen LogP contribution in [0.2, 0.25) is 0 Å². The fraction of sp³-hybridized carbons (Fsp3) is 0.500. The molecule has 1 rings (SSSR count). The molecule has 1 aromatic rings. The van der Waals surface area contributed by atoms with Crippen molar-refractivity contribution in [3.63, 3.8) is 0 Å². The lowest BCUT2D eigenvalue weighted by Crippen LogP contribution is -2.16. The number of hydrogen-bond donors (Lipinski definition) is 1. The molecule has 1 heteroatoms.